The molecule has 1 saturated heterocycles. The molecule has 8 nitrogen and oxygen atoms in total. The fraction of sp³-hybridized carbons (Fsp3) is 0.667. The standard InChI is InChI=1S/C15H24N4O4/c1-4-11(16-5-6-19-7-9-23-10-8-19)12-13(20)17(2)15(22)18(3)14(12)21/h20H,4-10H2,1-3H3. The Labute approximate surface area is 134 Å². The van der Waals surface area contributed by atoms with Gasteiger partial charge >= 0.3 is 5.69 Å². The molecule has 0 atom stereocenters. The van der Waals surface area contributed by atoms with Gasteiger partial charge < -0.3 is 9.84 Å². The van der Waals surface area contributed by atoms with Gasteiger partial charge in [-0.1, -0.05) is 6.92 Å². The summed E-state index contributed by atoms with van der Waals surface area (Å²) >= 11 is 0. The fourth-order valence-corrected chi connectivity index (χ4v) is 2.60. The molecule has 1 aliphatic rings. The van der Waals surface area contributed by atoms with Gasteiger partial charge in [-0.25, -0.2) is 4.79 Å². The zero-order valence-corrected chi connectivity index (χ0v) is 13.9. The van der Waals surface area contributed by atoms with E-state index in [2.05, 4.69) is 9.89 Å². The van der Waals surface area contributed by atoms with Crippen LogP contribution in [-0.4, -0.2) is 64.2 Å². The van der Waals surface area contributed by atoms with E-state index < -0.39 is 11.2 Å². The van der Waals surface area contributed by atoms with Crippen molar-refractivity contribution in [3.8, 4) is 5.88 Å². The van der Waals surface area contributed by atoms with Crippen LogP contribution in [0, 0.1) is 0 Å². The topological polar surface area (TPSA) is 89.1 Å². The molecule has 2 heterocycles. The second kappa shape index (κ2) is 7.56. The van der Waals surface area contributed by atoms with Crippen molar-refractivity contribution < 1.29 is 9.84 Å². The van der Waals surface area contributed by atoms with E-state index in [9.17, 15) is 14.7 Å². The molecule has 0 spiro atoms. The van der Waals surface area contributed by atoms with Gasteiger partial charge in [-0.15, -0.1) is 0 Å². The van der Waals surface area contributed by atoms with Crippen LogP contribution in [0.3, 0.4) is 0 Å². The molecule has 1 fully saturated rings. The van der Waals surface area contributed by atoms with Crippen LogP contribution in [0.5, 0.6) is 5.88 Å². The van der Waals surface area contributed by atoms with Crippen LogP contribution in [0.4, 0.5) is 0 Å². The lowest BCUT2D eigenvalue weighted by Crippen LogP contribution is -2.40. The molecule has 0 bridgehead atoms. The van der Waals surface area contributed by atoms with Crippen molar-refractivity contribution in [1.29, 1.82) is 0 Å². The number of morpholine rings is 1. The van der Waals surface area contributed by atoms with E-state index in [4.69, 9.17) is 4.74 Å². The van der Waals surface area contributed by atoms with E-state index >= 15 is 0 Å². The molecule has 1 aromatic rings. The summed E-state index contributed by atoms with van der Waals surface area (Å²) in [5.74, 6) is -0.329. The molecule has 0 saturated carbocycles. The van der Waals surface area contributed by atoms with E-state index in [0.717, 1.165) is 42.0 Å². The lowest BCUT2D eigenvalue weighted by Gasteiger charge is -2.25. The smallest absolute Gasteiger partial charge is 0.333 e. The number of hydrogen-bond acceptors (Lipinski definition) is 6. The normalized spacial score (nSPS) is 16.7. The Morgan fingerprint density at radius 1 is 1.22 bits per heavy atom. The number of nitrogens with zero attached hydrogens (tertiary/aromatic N) is 4. The van der Waals surface area contributed by atoms with E-state index in [0.29, 0.717) is 18.7 Å². The summed E-state index contributed by atoms with van der Waals surface area (Å²) < 4.78 is 7.35. The van der Waals surface area contributed by atoms with Crippen LogP contribution in [0.15, 0.2) is 14.6 Å². The summed E-state index contributed by atoms with van der Waals surface area (Å²) in [5.41, 5.74) is -0.441. The molecule has 1 aromatic heterocycles. The Kier molecular flexibility index (Phi) is 5.73. The van der Waals surface area contributed by atoms with Gasteiger partial charge in [0.15, 0.2) is 0 Å². The number of aromatic hydroxyl groups is 1. The summed E-state index contributed by atoms with van der Waals surface area (Å²) in [4.78, 5) is 30.8. The zero-order valence-electron chi connectivity index (χ0n) is 13.9. The van der Waals surface area contributed by atoms with E-state index in [1.54, 1.807) is 0 Å². The third-order valence-corrected chi connectivity index (χ3v) is 4.08. The van der Waals surface area contributed by atoms with Crippen LogP contribution in [0.2, 0.25) is 0 Å². The van der Waals surface area contributed by atoms with Gasteiger partial charge in [0.1, 0.15) is 5.56 Å². The van der Waals surface area contributed by atoms with Crippen molar-refractivity contribution in [2.24, 2.45) is 19.1 Å². The maximum absolute atomic E-state index is 12.3. The van der Waals surface area contributed by atoms with Crippen LogP contribution < -0.4 is 11.2 Å². The Bertz CT molecular complexity index is 699. The average Bonchev–Trinajstić information content (AvgIpc) is 2.58. The van der Waals surface area contributed by atoms with Crippen LogP contribution in [0.1, 0.15) is 18.9 Å². The minimum atomic E-state index is -0.556. The molecule has 0 aliphatic carbocycles. The highest BCUT2D eigenvalue weighted by atomic mass is 16.5. The third-order valence-electron chi connectivity index (χ3n) is 4.08. The van der Waals surface area contributed by atoms with Gasteiger partial charge in [0, 0.05) is 33.7 Å². The van der Waals surface area contributed by atoms with Gasteiger partial charge in [-0.3, -0.25) is 23.8 Å². The number of ether oxygens (including phenoxy) is 1. The molecular formula is C15H24N4O4. The molecule has 8 heteroatoms. The highest BCUT2D eigenvalue weighted by molar-refractivity contribution is 6.01. The first-order chi connectivity index (χ1) is 11.0. The molecule has 1 N–H and O–H groups in total. The number of rotatable bonds is 5. The van der Waals surface area contributed by atoms with E-state index in [1.165, 1.54) is 14.1 Å². The number of hydrogen-bond donors (Lipinski definition) is 1. The van der Waals surface area contributed by atoms with Crippen molar-refractivity contribution in [3.05, 3.63) is 26.4 Å². The van der Waals surface area contributed by atoms with Gasteiger partial charge in [-0.2, -0.15) is 0 Å². The van der Waals surface area contributed by atoms with Crippen molar-refractivity contribution >= 4 is 5.71 Å². The Morgan fingerprint density at radius 3 is 2.48 bits per heavy atom. The highest BCUT2D eigenvalue weighted by Crippen LogP contribution is 2.12. The van der Waals surface area contributed by atoms with Crippen LogP contribution in [-0.2, 0) is 18.8 Å². The molecule has 0 radical (unpaired) electrons. The fourth-order valence-electron chi connectivity index (χ4n) is 2.60. The predicted molar refractivity (Wildman–Crippen MR) is 87.5 cm³/mol. The molecule has 2 rings (SSSR count). The van der Waals surface area contributed by atoms with Crippen molar-refractivity contribution in [2.45, 2.75) is 13.3 Å². The Balaban J connectivity index is 2.25. The van der Waals surface area contributed by atoms with E-state index in [-0.39, 0.29) is 11.4 Å². The van der Waals surface area contributed by atoms with Gasteiger partial charge in [0.25, 0.3) is 5.56 Å². The molecular weight excluding hydrogens is 300 g/mol. The van der Waals surface area contributed by atoms with Crippen LogP contribution >= 0.6 is 0 Å². The van der Waals surface area contributed by atoms with Crippen molar-refractivity contribution in [3.63, 3.8) is 0 Å². The lowest BCUT2D eigenvalue weighted by atomic mass is 10.1. The lowest BCUT2D eigenvalue weighted by molar-refractivity contribution is 0.0394. The van der Waals surface area contributed by atoms with Gasteiger partial charge in [0.05, 0.1) is 25.5 Å². The summed E-state index contributed by atoms with van der Waals surface area (Å²) in [6.45, 7) is 6.40. The Morgan fingerprint density at radius 2 is 1.87 bits per heavy atom. The quantitative estimate of drug-likeness (QED) is 0.725. The maximum Gasteiger partial charge on any atom is 0.333 e. The Hall–Kier alpha value is -1.93. The minimum absolute atomic E-state index is 0.110. The third kappa shape index (κ3) is 3.70. The molecule has 0 unspecified atom stereocenters. The van der Waals surface area contributed by atoms with Gasteiger partial charge in [0.2, 0.25) is 5.88 Å². The summed E-state index contributed by atoms with van der Waals surface area (Å²) in [6.07, 6.45) is 0.504. The minimum Gasteiger partial charge on any atom is -0.494 e. The summed E-state index contributed by atoms with van der Waals surface area (Å²) in [6, 6.07) is 0. The largest absolute Gasteiger partial charge is 0.494 e. The molecule has 1 aliphatic heterocycles. The summed E-state index contributed by atoms with van der Waals surface area (Å²) in [5, 5.41) is 10.2. The first kappa shape index (κ1) is 17.4. The van der Waals surface area contributed by atoms with Crippen LogP contribution in [0.25, 0.3) is 0 Å². The first-order valence-corrected chi connectivity index (χ1v) is 7.80. The SMILES string of the molecule is CCC(=NCCN1CCOCC1)c1c(O)n(C)c(=O)n(C)c1=O. The summed E-state index contributed by atoms with van der Waals surface area (Å²) in [7, 11) is 2.83. The number of aromatic nitrogens is 2. The predicted octanol–water partition coefficient (Wildman–Crippen LogP) is -0.679. The molecule has 23 heavy (non-hydrogen) atoms. The molecule has 0 aromatic carbocycles. The maximum atomic E-state index is 12.3. The molecule has 128 valence electrons. The first-order valence-electron chi connectivity index (χ1n) is 7.80. The zero-order chi connectivity index (χ0) is 17.0. The molecule has 0 amide bonds. The second-order valence-electron chi connectivity index (χ2n) is 5.54. The highest BCUT2D eigenvalue weighted by Gasteiger charge is 2.19. The van der Waals surface area contributed by atoms with Crippen molar-refractivity contribution in [1.82, 2.24) is 14.0 Å². The second-order valence-corrected chi connectivity index (χ2v) is 5.54. The van der Waals surface area contributed by atoms with Gasteiger partial charge in [-0.05, 0) is 6.42 Å². The monoisotopic (exact) mass is 324 g/mol. The average molecular weight is 324 g/mol. The van der Waals surface area contributed by atoms with E-state index in [1.807, 2.05) is 6.92 Å². The van der Waals surface area contributed by atoms with Crippen molar-refractivity contribution in [2.75, 3.05) is 39.4 Å². The number of aliphatic imine (C=N–C) groups is 1.